The third-order valence-corrected chi connectivity index (χ3v) is 6.87. The highest BCUT2D eigenvalue weighted by Gasteiger charge is 2.41. The Labute approximate surface area is 92.7 Å². The summed E-state index contributed by atoms with van der Waals surface area (Å²) in [6.45, 7) is 3.95. The van der Waals surface area contributed by atoms with E-state index < -0.39 is 7.59 Å². The summed E-state index contributed by atoms with van der Waals surface area (Å²) in [7, 11) is 1.64. The van der Waals surface area contributed by atoms with Gasteiger partial charge in [0.1, 0.15) is 0 Å². The molecule has 5 heteroatoms. The normalized spacial score (nSPS) is 30.5. The van der Waals surface area contributed by atoms with Crippen molar-refractivity contribution < 1.29 is 4.57 Å². The van der Waals surface area contributed by atoms with Gasteiger partial charge in [0.25, 0.3) is 7.59 Å². The first-order chi connectivity index (χ1) is 7.15. The van der Waals surface area contributed by atoms with Gasteiger partial charge in [-0.1, -0.05) is 6.42 Å². The van der Waals surface area contributed by atoms with Crippen LogP contribution in [0.2, 0.25) is 0 Å². The van der Waals surface area contributed by atoms with Gasteiger partial charge in [-0.2, -0.15) is 0 Å². The van der Waals surface area contributed by atoms with E-state index in [0.29, 0.717) is 0 Å². The Kier molecular flexibility index (Phi) is 3.51. The second-order valence-electron chi connectivity index (χ2n) is 4.64. The molecular formula is C10H22N3OP. The van der Waals surface area contributed by atoms with E-state index in [4.69, 9.17) is 0 Å². The van der Waals surface area contributed by atoms with Crippen LogP contribution in [0.25, 0.3) is 0 Å². The van der Waals surface area contributed by atoms with Gasteiger partial charge in [0.2, 0.25) is 0 Å². The minimum absolute atomic E-state index is 0.970. The Hall–Kier alpha value is 0.110. The lowest BCUT2D eigenvalue weighted by molar-refractivity contribution is 0.245. The molecule has 0 unspecified atom stereocenters. The molecule has 4 nitrogen and oxygen atoms in total. The minimum atomic E-state index is -2.37. The van der Waals surface area contributed by atoms with Gasteiger partial charge in [0.15, 0.2) is 0 Å². The van der Waals surface area contributed by atoms with Crippen molar-refractivity contribution >= 4 is 7.59 Å². The molecule has 0 N–H and O–H groups in total. The second kappa shape index (κ2) is 4.54. The fourth-order valence-corrected chi connectivity index (χ4v) is 5.61. The molecular weight excluding hydrogens is 209 g/mol. The molecule has 0 bridgehead atoms. The molecule has 0 saturated carbocycles. The summed E-state index contributed by atoms with van der Waals surface area (Å²) in [5.74, 6) is 0. The molecule has 2 aliphatic heterocycles. The van der Waals surface area contributed by atoms with Crippen molar-refractivity contribution in [3.05, 3.63) is 0 Å². The van der Waals surface area contributed by atoms with E-state index >= 15 is 0 Å². The van der Waals surface area contributed by atoms with Crippen LogP contribution in [0, 0.1) is 0 Å². The van der Waals surface area contributed by atoms with E-state index in [-0.39, 0.29) is 0 Å². The van der Waals surface area contributed by atoms with Crippen LogP contribution in [0.3, 0.4) is 0 Å². The molecule has 2 saturated heterocycles. The fraction of sp³-hybridized carbons (Fsp3) is 1.00. The van der Waals surface area contributed by atoms with Crippen LogP contribution in [0.1, 0.15) is 25.7 Å². The van der Waals surface area contributed by atoms with Crippen LogP contribution in [0.15, 0.2) is 0 Å². The summed E-state index contributed by atoms with van der Waals surface area (Å²) in [5.41, 5.74) is 0. The van der Waals surface area contributed by atoms with Crippen LogP contribution in [0.4, 0.5) is 0 Å². The molecule has 0 aromatic heterocycles. The van der Waals surface area contributed by atoms with Crippen LogP contribution >= 0.6 is 7.59 Å². The fourth-order valence-electron chi connectivity index (χ4n) is 2.62. The summed E-state index contributed by atoms with van der Waals surface area (Å²) in [5, 5.41) is 0. The number of hydrogen-bond acceptors (Lipinski definition) is 1. The van der Waals surface area contributed by atoms with E-state index in [1.165, 1.54) is 19.3 Å². The van der Waals surface area contributed by atoms with Crippen molar-refractivity contribution in [3.63, 3.8) is 0 Å². The first-order valence-electron chi connectivity index (χ1n) is 5.94. The molecule has 0 radical (unpaired) electrons. The van der Waals surface area contributed by atoms with Crippen LogP contribution in [0.5, 0.6) is 0 Å². The number of rotatable bonds is 1. The third kappa shape index (κ3) is 2.01. The average Bonchev–Trinajstić information content (AvgIpc) is 2.27. The molecule has 2 rings (SSSR count). The second-order valence-corrected chi connectivity index (χ2v) is 7.60. The van der Waals surface area contributed by atoms with Crippen molar-refractivity contribution in [1.82, 2.24) is 14.0 Å². The highest BCUT2D eigenvalue weighted by molar-refractivity contribution is 7.56. The number of nitrogens with zero attached hydrogens (tertiary/aromatic N) is 3. The zero-order chi connectivity index (χ0) is 10.9. The van der Waals surface area contributed by atoms with Crippen molar-refractivity contribution in [1.29, 1.82) is 0 Å². The summed E-state index contributed by atoms with van der Waals surface area (Å²) in [6.07, 6.45) is 4.83. The SMILES string of the molecule is CN1CCCN(C)P1(=O)N1CCCCC1. The molecule has 0 aliphatic carbocycles. The molecule has 0 aromatic rings. The van der Waals surface area contributed by atoms with Gasteiger partial charge >= 0.3 is 0 Å². The van der Waals surface area contributed by atoms with Gasteiger partial charge in [-0.15, -0.1) is 0 Å². The summed E-state index contributed by atoms with van der Waals surface area (Å²) in [6, 6.07) is 0. The van der Waals surface area contributed by atoms with Gasteiger partial charge in [0, 0.05) is 26.2 Å². The topological polar surface area (TPSA) is 26.8 Å². The molecule has 2 heterocycles. The monoisotopic (exact) mass is 231 g/mol. The maximum atomic E-state index is 13.0. The van der Waals surface area contributed by atoms with Crippen molar-refractivity contribution in [3.8, 4) is 0 Å². The molecule has 15 heavy (non-hydrogen) atoms. The molecule has 0 aromatic carbocycles. The predicted molar refractivity (Wildman–Crippen MR) is 62.9 cm³/mol. The largest absolute Gasteiger partial charge is 0.286 e. The van der Waals surface area contributed by atoms with Crippen LogP contribution < -0.4 is 0 Å². The Bertz CT molecular complexity index is 251. The molecule has 2 aliphatic rings. The predicted octanol–water partition coefficient (Wildman–Crippen LogP) is 1.85. The summed E-state index contributed by atoms with van der Waals surface area (Å²) >= 11 is 0. The van der Waals surface area contributed by atoms with E-state index in [1.807, 2.05) is 14.1 Å². The van der Waals surface area contributed by atoms with E-state index in [9.17, 15) is 4.57 Å². The van der Waals surface area contributed by atoms with Gasteiger partial charge in [-0.05, 0) is 33.4 Å². The lowest BCUT2D eigenvalue weighted by Crippen LogP contribution is -2.44. The first kappa shape index (κ1) is 11.6. The Morgan fingerprint density at radius 2 is 1.33 bits per heavy atom. The quantitative estimate of drug-likeness (QED) is 0.643. The number of piperidine rings is 1. The Morgan fingerprint density at radius 1 is 0.800 bits per heavy atom. The molecule has 0 atom stereocenters. The van der Waals surface area contributed by atoms with Crippen LogP contribution in [-0.2, 0) is 4.57 Å². The number of hydrogen-bond donors (Lipinski definition) is 0. The lowest BCUT2D eigenvalue weighted by atomic mass is 10.2. The standard InChI is InChI=1S/C10H22N3OP/c1-11-7-6-8-12(2)15(11,14)13-9-4-3-5-10-13/h3-10H2,1-2H3. The molecule has 0 spiro atoms. The summed E-state index contributed by atoms with van der Waals surface area (Å²) in [4.78, 5) is 0. The first-order valence-corrected chi connectivity index (χ1v) is 7.51. The van der Waals surface area contributed by atoms with Gasteiger partial charge in [-0.25, -0.2) is 14.0 Å². The van der Waals surface area contributed by atoms with E-state index in [1.54, 1.807) is 0 Å². The Balaban J connectivity index is 2.17. The third-order valence-electron chi connectivity index (χ3n) is 3.55. The maximum absolute atomic E-state index is 13.0. The minimum Gasteiger partial charge on any atom is -0.270 e. The molecule has 0 amide bonds. The van der Waals surface area contributed by atoms with Gasteiger partial charge in [0.05, 0.1) is 0 Å². The highest BCUT2D eigenvalue weighted by Crippen LogP contribution is 2.57. The smallest absolute Gasteiger partial charge is 0.270 e. The molecule has 2 fully saturated rings. The zero-order valence-corrected chi connectivity index (χ0v) is 10.7. The van der Waals surface area contributed by atoms with Crippen molar-refractivity contribution in [2.75, 3.05) is 40.3 Å². The van der Waals surface area contributed by atoms with Crippen molar-refractivity contribution in [2.45, 2.75) is 25.7 Å². The highest BCUT2D eigenvalue weighted by atomic mass is 31.2. The van der Waals surface area contributed by atoms with Crippen LogP contribution in [-0.4, -0.2) is 54.3 Å². The molecule has 88 valence electrons. The lowest BCUT2D eigenvalue weighted by Gasteiger charge is -2.46. The Morgan fingerprint density at radius 3 is 1.87 bits per heavy atom. The van der Waals surface area contributed by atoms with Gasteiger partial charge in [-0.3, -0.25) is 4.57 Å². The average molecular weight is 231 g/mol. The van der Waals surface area contributed by atoms with Crippen molar-refractivity contribution in [2.24, 2.45) is 0 Å². The van der Waals surface area contributed by atoms with E-state index in [2.05, 4.69) is 14.0 Å². The van der Waals surface area contributed by atoms with Gasteiger partial charge < -0.3 is 0 Å². The van der Waals surface area contributed by atoms with E-state index in [0.717, 1.165) is 32.6 Å². The zero-order valence-electron chi connectivity index (χ0n) is 9.85. The summed E-state index contributed by atoms with van der Waals surface area (Å²) < 4.78 is 19.4. The maximum Gasteiger partial charge on any atom is 0.286 e.